The maximum atomic E-state index is 4.80. The molecule has 112 valence electrons. The Hall–Kier alpha value is -1.45. The van der Waals surface area contributed by atoms with E-state index in [2.05, 4.69) is 60.2 Å². The molecular formula is C18H25N3. The first-order valence-electron chi connectivity index (χ1n) is 8.00. The monoisotopic (exact) mass is 283 g/mol. The van der Waals surface area contributed by atoms with Crippen LogP contribution in [0.1, 0.15) is 19.0 Å². The van der Waals surface area contributed by atoms with Crippen LogP contribution in [0.25, 0.3) is 10.9 Å². The lowest BCUT2D eigenvalue weighted by Crippen LogP contribution is -2.30. The van der Waals surface area contributed by atoms with Crippen LogP contribution in [-0.2, 0) is 6.54 Å². The van der Waals surface area contributed by atoms with Crippen molar-refractivity contribution in [2.24, 2.45) is 5.92 Å². The molecule has 0 aliphatic carbocycles. The van der Waals surface area contributed by atoms with E-state index < -0.39 is 0 Å². The van der Waals surface area contributed by atoms with Gasteiger partial charge in [-0.3, -0.25) is 9.88 Å². The van der Waals surface area contributed by atoms with E-state index in [0.29, 0.717) is 0 Å². The van der Waals surface area contributed by atoms with Gasteiger partial charge in [0.05, 0.1) is 11.2 Å². The van der Waals surface area contributed by atoms with Crippen LogP contribution in [0.4, 0.5) is 0 Å². The number of benzene rings is 1. The summed E-state index contributed by atoms with van der Waals surface area (Å²) in [7, 11) is 2.22. The van der Waals surface area contributed by atoms with Crippen LogP contribution < -0.4 is 0 Å². The highest BCUT2D eigenvalue weighted by atomic mass is 15.2. The van der Waals surface area contributed by atoms with E-state index >= 15 is 0 Å². The molecule has 1 aliphatic heterocycles. The van der Waals surface area contributed by atoms with Gasteiger partial charge in [0.15, 0.2) is 0 Å². The van der Waals surface area contributed by atoms with Crippen molar-refractivity contribution in [1.82, 2.24) is 14.8 Å². The second-order valence-electron chi connectivity index (χ2n) is 6.24. The molecule has 3 heteroatoms. The quantitative estimate of drug-likeness (QED) is 0.841. The van der Waals surface area contributed by atoms with Gasteiger partial charge in [-0.15, -0.1) is 0 Å². The number of nitrogens with zero attached hydrogens (tertiary/aromatic N) is 3. The lowest BCUT2D eigenvalue weighted by atomic mass is 10.1. The molecule has 21 heavy (non-hydrogen) atoms. The summed E-state index contributed by atoms with van der Waals surface area (Å²) in [5, 5.41) is 1.22. The Morgan fingerprint density at radius 2 is 2.10 bits per heavy atom. The van der Waals surface area contributed by atoms with Crippen LogP contribution in [-0.4, -0.2) is 48.0 Å². The van der Waals surface area contributed by atoms with Gasteiger partial charge in [0.25, 0.3) is 0 Å². The molecule has 0 N–H and O–H groups in total. The van der Waals surface area contributed by atoms with Crippen molar-refractivity contribution in [1.29, 1.82) is 0 Å². The Bertz CT molecular complexity index is 596. The van der Waals surface area contributed by atoms with Crippen LogP contribution in [0.15, 0.2) is 36.4 Å². The highest BCUT2D eigenvalue weighted by molar-refractivity contribution is 5.78. The van der Waals surface area contributed by atoms with Crippen molar-refractivity contribution in [3.63, 3.8) is 0 Å². The third-order valence-electron chi connectivity index (χ3n) is 4.49. The molecule has 0 amide bonds. The Kier molecular flexibility index (Phi) is 4.51. The topological polar surface area (TPSA) is 19.4 Å². The van der Waals surface area contributed by atoms with Gasteiger partial charge < -0.3 is 4.90 Å². The van der Waals surface area contributed by atoms with Crippen molar-refractivity contribution in [3.05, 3.63) is 42.1 Å². The van der Waals surface area contributed by atoms with E-state index in [1.807, 2.05) is 0 Å². The zero-order chi connectivity index (χ0) is 14.7. The van der Waals surface area contributed by atoms with Gasteiger partial charge in [0.1, 0.15) is 0 Å². The normalized spacial score (nSPS) is 19.7. The number of aromatic nitrogens is 1. The fourth-order valence-corrected chi connectivity index (χ4v) is 3.27. The molecule has 3 rings (SSSR count). The predicted octanol–water partition coefficient (Wildman–Crippen LogP) is 3.01. The van der Waals surface area contributed by atoms with Crippen molar-refractivity contribution in [3.8, 4) is 0 Å². The van der Waals surface area contributed by atoms with Gasteiger partial charge in [-0.05, 0) is 44.6 Å². The first kappa shape index (κ1) is 14.5. The molecule has 1 aliphatic rings. The SMILES string of the molecule is CCN(Cc1ccc2ccccc2n1)CC1CCN(C)C1. The van der Waals surface area contributed by atoms with E-state index in [-0.39, 0.29) is 0 Å². The molecule has 0 spiro atoms. The Morgan fingerprint density at radius 1 is 1.24 bits per heavy atom. The summed E-state index contributed by atoms with van der Waals surface area (Å²) < 4.78 is 0. The number of rotatable bonds is 5. The summed E-state index contributed by atoms with van der Waals surface area (Å²) in [5.74, 6) is 0.815. The van der Waals surface area contributed by atoms with Crippen molar-refractivity contribution in [2.45, 2.75) is 19.9 Å². The van der Waals surface area contributed by atoms with Crippen LogP contribution in [0.5, 0.6) is 0 Å². The third kappa shape index (κ3) is 3.60. The van der Waals surface area contributed by atoms with Gasteiger partial charge in [0.2, 0.25) is 0 Å². The van der Waals surface area contributed by atoms with Gasteiger partial charge in [-0.1, -0.05) is 31.2 Å². The predicted molar refractivity (Wildman–Crippen MR) is 88.3 cm³/mol. The fraction of sp³-hybridized carbons (Fsp3) is 0.500. The standard InChI is InChI=1S/C18H25N3/c1-3-21(13-15-10-11-20(2)12-15)14-17-9-8-16-6-4-5-7-18(16)19-17/h4-9,15H,3,10-14H2,1-2H3. The average Bonchev–Trinajstić information content (AvgIpc) is 2.91. The summed E-state index contributed by atoms with van der Waals surface area (Å²) in [4.78, 5) is 9.77. The third-order valence-corrected chi connectivity index (χ3v) is 4.49. The molecule has 0 radical (unpaired) electrons. The molecule has 0 bridgehead atoms. The molecule has 1 aromatic heterocycles. The van der Waals surface area contributed by atoms with Crippen LogP contribution in [0.2, 0.25) is 0 Å². The number of likely N-dealkylation sites (tertiary alicyclic amines) is 1. The molecule has 1 fully saturated rings. The molecule has 1 atom stereocenters. The molecule has 1 saturated heterocycles. The van der Waals surface area contributed by atoms with Crippen molar-refractivity contribution < 1.29 is 0 Å². The summed E-state index contributed by atoms with van der Waals surface area (Å²) in [6.45, 7) is 7.98. The lowest BCUT2D eigenvalue weighted by molar-refractivity contribution is 0.231. The average molecular weight is 283 g/mol. The summed E-state index contributed by atoms with van der Waals surface area (Å²) in [6, 6.07) is 12.7. The first-order chi connectivity index (χ1) is 10.2. The zero-order valence-electron chi connectivity index (χ0n) is 13.1. The minimum Gasteiger partial charge on any atom is -0.306 e. The highest BCUT2D eigenvalue weighted by Gasteiger charge is 2.21. The highest BCUT2D eigenvalue weighted by Crippen LogP contribution is 2.18. The van der Waals surface area contributed by atoms with Crippen LogP contribution in [0.3, 0.4) is 0 Å². The molecule has 3 nitrogen and oxygen atoms in total. The molecular weight excluding hydrogens is 258 g/mol. The fourth-order valence-electron chi connectivity index (χ4n) is 3.27. The van der Waals surface area contributed by atoms with Crippen LogP contribution in [0, 0.1) is 5.92 Å². The number of pyridine rings is 1. The number of para-hydroxylation sites is 1. The minimum absolute atomic E-state index is 0.815. The second-order valence-corrected chi connectivity index (χ2v) is 6.24. The summed E-state index contributed by atoms with van der Waals surface area (Å²) >= 11 is 0. The summed E-state index contributed by atoms with van der Waals surface area (Å²) in [6.07, 6.45) is 1.33. The maximum absolute atomic E-state index is 4.80. The van der Waals surface area contributed by atoms with E-state index in [0.717, 1.165) is 24.5 Å². The second kappa shape index (κ2) is 6.54. The first-order valence-corrected chi connectivity index (χ1v) is 8.00. The van der Waals surface area contributed by atoms with E-state index in [4.69, 9.17) is 4.98 Å². The van der Waals surface area contributed by atoms with E-state index in [1.54, 1.807) is 0 Å². The molecule has 1 unspecified atom stereocenters. The van der Waals surface area contributed by atoms with Gasteiger partial charge in [-0.2, -0.15) is 0 Å². The van der Waals surface area contributed by atoms with Crippen molar-refractivity contribution >= 4 is 10.9 Å². The largest absolute Gasteiger partial charge is 0.306 e. The van der Waals surface area contributed by atoms with Gasteiger partial charge in [0, 0.05) is 25.0 Å². The van der Waals surface area contributed by atoms with E-state index in [9.17, 15) is 0 Å². The minimum atomic E-state index is 0.815. The number of hydrogen-bond acceptors (Lipinski definition) is 3. The molecule has 1 aromatic carbocycles. The number of hydrogen-bond donors (Lipinski definition) is 0. The van der Waals surface area contributed by atoms with Gasteiger partial charge in [-0.25, -0.2) is 0 Å². The Labute approximate surface area is 127 Å². The number of fused-ring (bicyclic) bond motifs is 1. The summed E-state index contributed by atoms with van der Waals surface area (Å²) in [5.41, 5.74) is 2.29. The van der Waals surface area contributed by atoms with Crippen molar-refractivity contribution in [2.75, 3.05) is 33.2 Å². The molecule has 2 aromatic rings. The smallest absolute Gasteiger partial charge is 0.0705 e. The zero-order valence-corrected chi connectivity index (χ0v) is 13.1. The molecule has 2 heterocycles. The van der Waals surface area contributed by atoms with E-state index in [1.165, 1.54) is 37.1 Å². The molecule has 0 saturated carbocycles. The van der Waals surface area contributed by atoms with Gasteiger partial charge >= 0.3 is 0 Å². The maximum Gasteiger partial charge on any atom is 0.0705 e. The Morgan fingerprint density at radius 3 is 2.86 bits per heavy atom. The Balaban J connectivity index is 1.67. The lowest BCUT2D eigenvalue weighted by Gasteiger charge is -2.23. The van der Waals surface area contributed by atoms with Crippen LogP contribution >= 0.6 is 0 Å².